The first kappa shape index (κ1) is 38.8. The van der Waals surface area contributed by atoms with Gasteiger partial charge < -0.3 is 36.6 Å². The first-order chi connectivity index (χ1) is 26.6. The molecule has 1 aliphatic heterocycles. The van der Waals surface area contributed by atoms with Gasteiger partial charge in [-0.1, -0.05) is 84.9 Å². The van der Waals surface area contributed by atoms with Crippen LogP contribution in [0.2, 0.25) is 0 Å². The number of nitrogens with zero attached hydrogens (tertiary/aromatic N) is 3. The van der Waals surface area contributed by atoms with E-state index in [0.29, 0.717) is 41.4 Å². The number of ketones is 2. The van der Waals surface area contributed by atoms with Crippen molar-refractivity contribution in [1.29, 1.82) is 0 Å². The Kier molecular flexibility index (Phi) is 13.0. The van der Waals surface area contributed by atoms with E-state index in [1.807, 2.05) is 91.0 Å². The summed E-state index contributed by atoms with van der Waals surface area (Å²) < 4.78 is 11.6. The van der Waals surface area contributed by atoms with E-state index in [-0.39, 0.29) is 17.8 Å². The lowest BCUT2D eigenvalue weighted by Gasteiger charge is -2.25. The summed E-state index contributed by atoms with van der Waals surface area (Å²) in [5.74, 6) is 0.270. The molecule has 13 heteroatoms. The van der Waals surface area contributed by atoms with E-state index < -0.39 is 17.1 Å². The third-order valence-electron chi connectivity index (χ3n) is 8.43. The SMILES string of the molecule is CN1C(=O)C(c2cc[nH]c2)(c2cccc(OCc3ccccc3)c2)N=C1N.CN=C(N)N.O=C(C(=O)c1cccc(OCc2ccccc2)c1)c1cc[nH]c1. The number of H-pyrrole nitrogens is 2. The van der Waals surface area contributed by atoms with Gasteiger partial charge in [-0.3, -0.25) is 24.3 Å². The van der Waals surface area contributed by atoms with Crippen LogP contribution < -0.4 is 26.7 Å². The summed E-state index contributed by atoms with van der Waals surface area (Å²) in [4.78, 5) is 52.5. The lowest BCUT2D eigenvalue weighted by atomic mass is 9.84. The lowest BCUT2D eigenvalue weighted by Crippen LogP contribution is -2.40. The van der Waals surface area contributed by atoms with Gasteiger partial charge in [-0.15, -0.1) is 0 Å². The van der Waals surface area contributed by atoms with Crippen LogP contribution in [-0.4, -0.2) is 58.4 Å². The van der Waals surface area contributed by atoms with E-state index in [0.717, 1.165) is 16.7 Å². The number of carbonyl (C=O) groups is 3. The van der Waals surface area contributed by atoms with Crippen LogP contribution in [0.1, 0.15) is 43.0 Å². The first-order valence-corrected chi connectivity index (χ1v) is 17.1. The van der Waals surface area contributed by atoms with Gasteiger partial charge in [0.05, 0.1) is 0 Å². The third kappa shape index (κ3) is 9.73. The van der Waals surface area contributed by atoms with Crippen LogP contribution in [-0.2, 0) is 23.5 Å². The number of rotatable bonds is 11. The van der Waals surface area contributed by atoms with Gasteiger partial charge >= 0.3 is 0 Å². The molecule has 0 saturated heterocycles. The first-order valence-electron chi connectivity index (χ1n) is 17.1. The maximum atomic E-state index is 13.1. The van der Waals surface area contributed by atoms with Crippen molar-refractivity contribution in [2.45, 2.75) is 18.8 Å². The molecule has 0 spiro atoms. The van der Waals surface area contributed by atoms with Crippen molar-refractivity contribution in [1.82, 2.24) is 14.9 Å². The van der Waals surface area contributed by atoms with Crippen LogP contribution in [0.25, 0.3) is 0 Å². The van der Waals surface area contributed by atoms with E-state index in [9.17, 15) is 14.4 Å². The number of hydrogen-bond acceptors (Lipinski definition) is 8. The van der Waals surface area contributed by atoms with Gasteiger partial charge in [0.15, 0.2) is 17.5 Å². The number of aromatic amines is 2. The lowest BCUT2D eigenvalue weighted by molar-refractivity contribution is -0.129. The van der Waals surface area contributed by atoms with Crippen molar-refractivity contribution in [3.8, 4) is 11.5 Å². The molecule has 280 valence electrons. The summed E-state index contributed by atoms with van der Waals surface area (Å²) in [6.07, 6.45) is 6.66. The molecule has 0 saturated carbocycles. The number of amides is 1. The smallest absolute Gasteiger partial charge is 0.266 e. The Bertz CT molecular complexity index is 2230. The summed E-state index contributed by atoms with van der Waals surface area (Å²) in [7, 11) is 3.17. The molecule has 0 radical (unpaired) electrons. The van der Waals surface area contributed by atoms with Gasteiger partial charge in [0.1, 0.15) is 24.7 Å². The molecule has 3 heterocycles. The second-order valence-corrected chi connectivity index (χ2v) is 12.2. The highest BCUT2D eigenvalue weighted by atomic mass is 16.5. The highest BCUT2D eigenvalue weighted by molar-refractivity contribution is 6.49. The van der Waals surface area contributed by atoms with Crippen molar-refractivity contribution < 1.29 is 23.9 Å². The third-order valence-corrected chi connectivity index (χ3v) is 8.43. The molecule has 8 N–H and O–H groups in total. The van der Waals surface area contributed by atoms with Crippen LogP contribution >= 0.6 is 0 Å². The number of aliphatic imine (C=N–C) groups is 2. The van der Waals surface area contributed by atoms with Crippen LogP contribution in [0.4, 0.5) is 0 Å². The fourth-order valence-electron chi connectivity index (χ4n) is 5.48. The molecule has 1 unspecified atom stereocenters. The zero-order valence-electron chi connectivity index (χ0n) is 30.4. The predicted octanol–water partition coefficient (Wildman–Crippen LogP) is 5.17. The number of carbonyl (C=O) groups excluding carboxylic acids is 3. The normalized spacial score (nSPS) is 14.3. The number of hydrogen-bond donors (Lipinski definition) is 5. The highest BCUT2D eigenvalue weighted by Gasteiger charge is 2.49. The molecule has 1 aliphatic rings. The Balaban J connectivity index is 0.000000190. The van der Waals surface area contributed by atoms with Crippen LogP contribution in [0.5, 0.6) is 11.5 Å². The monoisotopic (exact) mass is 738 g/mol. The van der Waals surface area contributed by atoms with E-state index >= 15 is 0 Å². The van der Waals surface area contributed by atoms with Crippen molar-refractivity contribution >= 4 is 29.4 Å². The molecule has 0 bridgehead atoms. The zero-order valence-corrected chi connectivity index (χ0v) is 30.4. The van der Waals surface area contributed by atoms with Gasteiger partial charge in [-0.05, 0) is 53.1 Å². The molecule has 1 amide bonds. The van der Waals surface area contributed by atoms with Gasteiger partial charge in [0.25, 0.3) is 5.91 Å². The fraction of sp³-hybridized carbons (Fsp3) is 0.119. The Morgan fingerprint density at radius 3 is 1.76 bits per heavy atom. The largest absolute Gasteiger partial charge is 0.489 e. The molecule has 1 atom stereocenters. The Morgan fingerprint density at radius 1 is 0.709 bits per heavy atom. The van der Waals surface area contributed by atoms with E-state index in [1.165, 1.54) is 18.1 Å². The fourth-order valence-corrected chi connectivity index (χ4v) is 5.48. The summed E-state index contributed by atoms with van der Waals surface area (Å²) in [6, 6.07) is 37.2. The number of likely N-dealkylation sites (N-methyl/N-ethyl adjacent to an activating group) is 1. The molecule has 7 rings (SSSR count). The van der Waals surface area contributed by atoms with E-state index in [2.05, 4.69) is 20.0 Å². The second-order valence-electron chi connectivity index (χ2n) is 12.2. The number of guanidine groups is 2. The Labute approximate surface area is 318 Å². The van der Waals surface area contributed by atoms with Gasteiger partial charge in [0, 0.05) is 55.6 Å². The highest BCUT2D eigenvalue weighted by Crippen LogP contribution is 2.40. The second kappa shape index (κ2) is 18.4. The molecule has 6 aromatic rings. The maximum absolute atomic E-state index is 13.1. The molecule has 2 aromatic heterocycles. The quantitative estimate of drug-likeness (QED) is 0.0517. The average molecular weight is 739 g/mol. The predicted molar refractivity (Wildman–Crippen MR) is 212 cm³/mol. The molecular formula is C42H42N8O5. The standard InChI is InChI=1S/C21H20N4O2.C19H15NO3.C2H7N3/c1-25-19(26)21(24-20(25)22,17-10-11-23-13-17)16-8-5-9-18(12-16)27-14-15-6-3-2-4-7-15;21-18(19(22)16-9-10-20-12-16)15-7-4-8-17(11-15)23-13-14-5-2-1-3-6-14;1-5-2(3)4/h2-13,23H,14H2,1H3,(H2,22,24);1-12,20H,13H2;1H3,(H4,3,4,5). The van der Waals surface area contributed by atoms with Crippen molar-refractivity contribution in [2.24, 2.45) is 27.2 Å². The molecule has 13 nitrogen and oxygen atoms in total. The molecule has 4 aromatic carbocycles. The Morgan fingerprint density at radius 2 is 1.25 bits per heavy atom. The average Bonchev–Trinajstić information content (AvgIpc) is 4.01. The number of benzene rings is 4. The minimum atomic E-state index is -1.20. The van der Waals surface area contributed by atoms with Crippen molar-refractivity contribution in [2.75, 3.05) is 14.1 Å². The maximum Gasteiger partial charge on any atom is 0.266 e. The molecule has 0 fully saturated rings. The number of aromatic nitrogens is 2. The summed E-state index contributed by atoms with van der Waals surface area (Å²) >= 11 is 0. The molecular weight excluding hydrogens is 697 g/mol. The van der Waals surface area contributed by atoms with Crippen molar-refractivity contribution in [3.05, 3.63) is 179 Å². The van der Waals surface area contributed by atoms with E-state index in [4.69, 9.17) is 26.7 Å². The summed E-state index contributed by atoms with van der Waals surface area (Å²) in [5, 5.41) is 0. The summed E-state index contributed by atoms with van der Waals surface area (Å²) in [6.45, 7) is 0.852. The van der Waals surface area contributed by atoms with Crippen molar-refractivity contribution in [3.63, 3.8) is 0 Å². The summed E-state index contributed by atoms with van der Waals surface area (Å²) in [5.41, 5.74) is 18.6. The van der Waals surface area contributed by atoms with E-state index in [1.54, 1.807) is 56.0 Å². The number of nitrogens with one attached hydrogen (secondary N) is 2. The van der Waals surface area contributed by atoms with Crippen LogP contribution in [0.15, 0.2) is 156 Å². The van der Waals surface area contributed by atoms with Crippen LogP contribution in [0.3, 0.4) is 0 Å². The number of nitrogens with two attached hydrogens (primary N) is 3. The minimum Gasteiger partial charge on any atom is -0.489 e. The molecule has 0 aliphatic carbocycles. The van der Waals surface area contributed by atoms with Gasteiger partial charge in [0.2, 0.25) is 11.6 Å². The minimum absolute atomic E-state index is 0.130. The molecule has 55 heavy (non-hydrogen) atoms. The number of ether oxygens (including phenoxy) is 2. The van der Waals surface area contributed by atoms with Gasteiger partial charge in [-0.2, -0.15) is 0 Å². The number of Topliss-reactive ketones (excluding diaryl/α,β-unsaturated/α-hetero) is 2. The van der Waals surface area contributed by atoms with Crippen LogP contribution in [0, 0.1) is 0 Å². The topological polar surface area (TPSA) is 207 Å². The Hall–Kier alpha value is -7.41. The zero-order chi connectivity index (χ0) is 39.2. The van der Waals surface area contributed by atoms with Gasteiger partial charge in [-0.25, -0.2) is 4.99 Å².